The highest BCUT2D eigenvalue weighted by Gasteiger charge is 2.27. The molecular weight excluding hydrogens is 100 g/mol. The summed E-state index contributed by atoms with van der Waals surface area (Å²) < 4.78 is 0. The van der Waals surface area contributed by atoms with Gasteiger partial charge in [0.2, 0.25) is 0 Å². The summed E-state index contributed by atoms with van der Waals surface area (Å²) in [5.41, 5.74) is 0. The first-order valence-electron chi connectivity index (χ1n) is 3.20. The maximum atomic E-state index is 4.18. The molecule has 0 aliphatic carbocycles. The van der Waals surface area contributed by atoms with E-state index in [1.807, 2.05) is 0 Å². The number of hydrogen-bond donors (Lipinski definition) is 1. The van der Waals surface area contributed by atoms with Crippen LogP contribution in [0.15, 0.2) is 4.99 Å². The highest BCUT2D eigenvalue weighted by atomic mass is 15.0. The summed E-state index contributed by atoms with van der Waals surface area (Å²) in [6, 6.07) is 0.704. The maximum absolute atomic E-state index is 4.18. The fourth-order valence-corrected chi connectivity index (χ4v) is 1.48. The van der Waals surface area contributed by atoms with Crippen LogP contribution in [0.25, 0.3) is 0 Å². The van der Waals surface area contributed by atoms with Crippen molar-refractivity contribution in [1.82, 2.24) is 5.32 Å². The van der Waals surface area contributed by atoms with Crippen LogP contribution in [0.5, 0.6) is 0 Å². The maximum Gasteiger partial charge on any atom is 0.0545 e. The van der Waals surface area contributed by atoms with E-state index in [1.165, 1.54) is 13.0 Å². The number of fused-ring (bicyclic) bond motifs is 1. The van der Waals surface area contributed by atoms with Gasteiger partial charge in [-0.25, -0.2) is 0 Å². The lowest BCUT2D eigenvalue weighted by Crippen LogP contribution is -2.26. The molecule has 0 spiro atoms. The zero-order valence-corrected chi connectivity index (χ0v) is 4.80. The van der Waals surface area contributed by atoms with Crippen molar-refractivity contribution in [3.05, 3.63) is 0 Å². The molecule has 1 fully saturated rings. The van der Waals surface area contributed by atoms with Gasteiger partial charge in [-0.05, 0) is 13.0 Å². The molecule has 2 heterocycles. The first-order valence-corrected chi connectivity index (χ1v) is 3.20. The SMILES string of the molecule is C1=NCC2NCCC12. The van der Waals surface area contributed by atoms with Gasteiger partial charge in [-0.3, -0.25) is 4.99 Å². The van der Waals surface area contributed by atoms with E-state index in [0.717, 1.165) is 12.5 Å². The third-order valence-corrected chi connectivity index (χ3v) is 2.00. The first-order chi connectivity index (χ1) is 3.97. The Morgan fingerprint density at radius 2 is 2.62 bits per heavy atom. The van der Waals surface area contributed by atoms with E-state index in [0.29, 0.717) is 6.04 Å². The molecule has 1 N–H and O–H groups in total. The van der Waals surface area contributed by atoms with E-state index in [4.69, 9.17) is 0 Å². The Balaban J connectivity index is 2.13. The van der Waals surface area contributed by atoms with Crippen LogP contribution in [0.3, 0.4) is 0 Å². The molecular formula is C6H10N2. The summed E-state index contributed by atoms with van der Waals surface area (Å²) in [5, 5.41) is 3.39. The fraction of sp³-hybridized carbons (Fsp3) is 0.833. The molecule has 2 aliphatic heterocycles. The summed E-state index contributed by atoms with van der Waals surface area (Å²) in [6.07, 6.45) is 3.40. The molecule has 0 aromatic heterocycles. The van der Waals surface area contributed by atoms with Crippen molar-refractivity contribution in [3.8, 4) is 0 Å². The Labute approximate surface area is 49.0 Å². The average Bonchev–Trinajstić information content (AvgIpc) is 2.15. The van der Waals surface area contributed by atoms with E-state index in [-0.39, 0.29) is 0 Å². The highest BCUT2D eigenvalue weighted by Crippen LogP contribution is 2.17. The van der Waals surface area contributed by atoms with Crippen molar-refractivity contribution in [1.29, 1.82) is 0 Å². The van der Waals surface area contributed by atoms with Gasteiger partial charge in [-0.2, -0.15) is 0 Å². The summed E-state index contributed by atoms with van der Waals surface area (Å²) in [7, 11) is 0. The minimum Gasteiger partial charge on any atom is -0.311 e. The molecule has 2 nitrogen and oxygen atoms in total. The van der Waals surface area contributed by atoms with E-state index >= 15 is 0 Å². The van der Waals surface area contributed by atoms with Crippen LogP contribution in [0.4, 0.5) is 0 Å². The van der Waals surface area contributed by atoms with Crippen molar-refractivity contribution in [2.24, 2.45) is 10.9 Å². The molecule has 2 heteroatoms. The van der Waals surface area contributed by atoms with Crippen LogP contribution in [-0.2, 0) is 0 Å². The predicted molar refractivity (Wildman–Crippen MR) is 33.3 cm³/mol. The van der Waals surface area contributed by atoms with Gasteiger partial charge in [-0.15, -0.1) is 0 Å². The van der Waals surface area contributed by atoms with Gasteiger partial charge in [-0.1, -0.05) is 0 Å². The van der Waals surface area contributed by atoms with Gasteiger partial charge >= 0.3 is 0 Å². The monoisotopic (exact) mass is 110 g/mol. The van der Waals surface area contributed by atoms with Crippen molar-refractivity contribution in [2.45, 2.75) is 12.5 Å². The normalized spacial score (nSPS) is 43.0. The predicted octanol–water partition coefficient (Wildman–Crippen LogP) is 0.0489. The quantitative estimate of drug-likeness (QED) is 0.468. The average molecular weight is 110 g/mol. The first kappa shape index (κ1) is 4.50. The molecule has 0 radical (unpaired) electrons. The second kappa shape index (κ2) is 1.55. The topological polar surface area (TPSA) is 24.4 Å². The number of nitrogens with one attached hydrogen (secondary N) is 1. The molecule has 2 unspecified atom stereocenters. The number of rotatable bonds is 0. The van der Waals surface area contributed by atoms with Crippen LogP contribution in [-0.4, -0.2) is 25.3 Å². The van der Waals surface area contributed by atoms with E-state index in [1.54, 1.807) is 0 Å². The number of hydrogen-bond acceptors (Lipinski definition) is 2. The molecule has 0 saturated carbocycles. The Morgan fingerprint density at radius 3 is 3.50 bits per heavy atom. The molecule has 0 bridgehead atoms. The zero-order chi connectivity index (χ0) is 5.40. The van der Waals surface area contributed by atoms with E-state index < -0.39 is 0 Å². The lowest BCUT2D eigenvalue weighted by Gasteiger charge is -2.03. The minimum atomic E-state index is 0.704. The molecule has 2 aliphatic rings. The lowest BCUT2D eigenvalue weighted by atomic mass is 10.1. The second-order valence-corrected chi connectivity index (χ2v) is 2.53. The zero-order valence-electron chi connectivity index (χ0n) is 4.80. The van der Waals surface area contributed by atoms with Crippen molar-refractivity contribution >= 4 is 6.21 Å². The molecule has 2 atom stereocenters. The Morgan fingerprint density at radius 1 is 1.62 bits per heavy atom. The van der Waals surface area contributed by atoms with Gasteiger partial charge in [0.05, 0.1) is 6.54 Å². The van der Waals surface area contributed by atoms with Gasteiger partial charge in [0.25, 0.3) is 0 Å². The molecule has 44 valence electrons. The van der Waals surface area contributed by atoms with Crippen LogP contribution >= 0.6 is 0 Å². The molecule has 0 aromatic rings. The molecule has 2 rings (SSSR count). The standard InChI is InChI=1S/C6H10N2/c1-2-8-6-4-7-3-5(1)6/h3,5-6,8H,1-2,4H2. The van der Waals surface area contributed by atoms with Crippen molar-refractivity contribution in [2.75, 3.05) is 13.1 Å². The van der Waals surface area contributed by atoms with E-state index in [9.17, 15) is 0 Å². The number of aliphatic imine (C=N–C) groups is 1. The summed E-state index contributed by atoms with van der Waals surface area (Å²) in [4.78, 5) is 4.18. The van der Waals surface area contributed by atoms with Crippen LogP contribution in [0, 0.1) is 5.92 Å². The third-order valence-electron chi connectivity index (χ3n) is 2.00. The largest absolute Gasteiger partial charge is 0.311 e. The smallest absolute Gasteiger partial charge is 0.0545 e. The molecule has 8 heavy (non-hydrogen) atoms. The summed E-state index contributed by atoms with van der Waals surface area (Å²) in [5.74, 6) is 0.773. The number of nitrogens with zero attached hydrogens (tertiary/aromatic N) is 1. The highest BCUT2D eigenvalue weighted by molar-refractivity contribution is 5.65. The van der Waals surface area contributed by atoms with Crippen LogP contribution < -0.4 is 5.32 Å². The van der Waals surface area contributed by atoms with Crippen molar-refractivity contribution < 1.29 is 0 Å². The Bertz CT molecular complexity index is 120. The summed E-state index contributed by atoms with van der Waals surface area (Å²) >= 11 is 0. The molecule has 1 saturated heterocycles. The van der Waals surface area contributed by atoms with Gasteiger partial charge in [0.15, 0.2) is 0 Å². The lowest BCUT2D eigenvalue weighted by molar-refractivity contribution is 0.595. The van der Waals surface area contributed by atoms with Crippen LogP contribution in [0.2, 0.25) is 0 Å². The Kier molecular flexibility index (Phi) is 0.875. The van der Waals surface area contributed by atoms with Gasteiger partial charge in [0, 0.05) is 18.2 Å². The fourth-order valence-electron chi connectivity index (χ4n) is 1.48. The van der Waals surface area contributed by atoms with Gasteiger partial charge in [0.1, 0.15) is 0 Å². The van der Waals surface area contributed by atoms with Crippen LogP contribution in [0.1, 0.15) is 6.42 Å². The van der Waals surface area contributed by atoms with Gasteiger partial charge < -0.3 is 5.32 Å². The summed E-state index contributed by atoms with van der Waals surface area (Å²) in [6.45, 7) is 2.21. The van der Waals surface area contributed by atoms with E-state index in [2.05, 4.69) is 16.5 Å². The van der Waals surface area contributed by atoms with Crippen molar-refractivity contribution in [3.63, 3.8) is 0 Å². The molecule has 0 aromatic carbocycles. The minimum absolute atomic E-state index is 0.704. The second-order valence-electron chi connectivity index (χ2n) is 2.53. The molecule has 0 amide bonds. The third kappa shape index (κ3) is 0.494. The Hall–Kier alpha value is -0.370.